The summed E-state index contributed by atoms with van der Waals surface area (Å²) >= 11 is 1.34. The van der Waals surface area contributed by atoms with Crippen molar-refractivity contribution in [2.75, 3.05) is 12.9 Å². The summed E-state index contributed by atoms with van der Waals surface area (Å²) in [6, 6.07) is 12.0. The molecule has 0 fully saturated rings. The summed E-state index contributed by atoms with van der Waals surface area (Å²) in [4.78, 5) is 16.5. The number of nitrogens with one attached hydrogen (secondary N) is 1. The Bertz CT molecular complexity index is 925. The van der Waals surface area contributed by atoms with Crippen LogP contribution in [0.15, 0.2) is 60.0 Å². The van der Waals surface area contributed by atoms with E-state index < -0.39 is 0 Å². The summed E-state index contributed by atoms with van der Waals surface area (Å²) in [5.41, 5.74) is 2.83. The molecule has 140 valence electrons. The van der Waals surface area contributed by atoms with Crippen molar-refractivity contribution in [1.82, 2.24) is 14.9 Å². The summed E-state index contributed by atoms with van der Waals surface area (Å²) in [6.07, 6.45) is 3.54. The Morgan fingerprint density at radius 3 is 2.78 bits per heavy atom. The van der Waals surface area contributed by atoms with E-state index in [1.165, 1.54) is 23.9 Å². The van der Waals surface area contributed by atoms with Gasteiger partial charge in [0.1, 0.15) is 11.6 Å². The van der Waals surface area contributed by atoms with E-state index in [1.807, 2.05) is 35.9 Å². The molecule has 0 aliphatic carbocycles. The normalized spacial score (nSPS) is 10.6. The average molecular weight is 385 g/mol. The highest BCUT2D eigenvalue weighted by Crippen LogP contribution is 2.28. The number of hydrogen-bond acceptors (Lipinski definition) is 4. The van der Waals surface area contributed by atoms with Crippen molar-refractivity contribution < 1.29 is 13.9 Å². The van der Waals surface area contributed by atoms with E-state index >= 15 is 0 Å². The molecule has 0 unspecified atom stereocenters. The molecular weight excluding hydrogens is 365 g/mol. The van der Waals surface area contributed by atoms with Crippen LogP contribution in [0.1, 0.15) is 11.1 Å². The van der Waals surface area contributed by atoms with Crippen LogP contribution in [0, 0.1) is 12.7 Å². The third-order valence-electron chi connectivity index (χ3n) is 3.94. The van der Waals surface area contributed by atoms with E-state index in [9.17, 15) is 9.18 Å². The highest BCUT2D eigenvalue weighted by Gasteiger charge is 2.12. The van der Waals surface area contributed by atoms with Gasteiger partial charge in [-0.3, -0.25) is 9.36 Å². The van der Waals surface area contributed by atoms with E-state index in [4.69, 9.17) is 4.74 Å². The van der Waals surface area contributed by atoms with Gasteiger partial charge < -0.3 is 10.1 Å². The van der Waals surface area contributed by atoms with Gasteiger partial charge in [-0.25, -0.2) is 9.37 Å². The highest BCUT2D eigenvalue weighted by atomic mass is 32.2. The van der Waals surface area contributed by atoms with Crippen molar-refractivity contribution in [3.8, 4) is 11.4 Å². The summed E-state index contributed by atoms with van der Waals surface area (Å²) < 4.78 is 20.3. The zero-order valence-electron chi connectivity index (χ0n) is 15.1. The summed E-state index contributed by atoms with van der Waals surface area (Å²) in [5.74, 6) is 0.558. The molecule has 3 aromatic rings. The van der Waals surface area contributed by atoms with E-state index in [1.54, 1.807) is 25.4 Å². The fraction of sp³-hybridized carbons (Fsp3) is 0.200. The number of amides is 1. The number of nitrogens with zero attached hydrogens (tertiary/aromatic N) is 2. The van der Waals surface area contributed by atoms with Crippen molar-refractivity contribution in [3.05, 3.63) is 71.8 Å². The summed E-state index contributed by atoms with van der Waals surface area (Å²) in [6.45, 7) is 2.37. The first-order chi connectivity index (χ1) is 13.1. The van der Waals surface area contributed by atoms with E-state index in [2.05, 4.69) is 10.3 Å². The van der Waals surface area contributed by atoms with Crippen LogP contribution in [-0.2, 0) is 11.3 Å². The number of carbonyl (C=O) groups is 1. The standard InChI is InChI=1S/C20H20FN3O2S/c1-14-3-8-18(26-2)17(11-14)24-10-9-22-20(24)27-13-19(25)23-12-15-4-6-16(21)7-5-15/h3-11H,12-13H2,1-2H3,(H,23,25). The van der Waals surface area contributed by atoms with Gasteiger partial charge in [-0.2, -0.15) is 0 Å². The highest BCUT2D eigenvalue weighted by molar-refractivity contribution is 7.99. The number of carbonyl (C=O) groups excluding carboxylic acids is 1. The lowest BCUT2D eigenvalue weighted by Gasteiger charge is -2.12. The molecule has 0 aliphatic rings. The Balaban J connectivity index is 1.62. The number of ether oxygens (including phenoxy) is 1. The van der Waals surface area contributed by atoms with E-state index in [0.717, 1.165) is 22.6 Å². The smallest absolute Gasteiger partial charge is 0.230 e. The van der Waals surface area contributed by atoms with Crippen LogP contribution in [0.2, 0.25) is 0 Å². The maximum Gasteiger partial charge on any atom is 0.230 e. The van der Waals surface area contributed by atoms with Crippen molar-refractivity contribution in [3.63, 3.8) is 0 Å². The first-order valence-corrected chi connectivity index (χ1v) is 9.37. The number of hydrogen-bond donors (Lipinski definition) is 1. The number of methoxy groups -OCH3 is 1. The third-order valence-corrected chi connectivity index (χ3v) is 4.90. The van der Waals surface area contributed by atoms with Gasteiger partial charge in [0.05, 0.1) is 18.6 Å². The van der Waals surface area contributed by atoms with Crippen LogP contribution >= 0.6 is 11.8 Å². The van der Waals surface area contributed by atoms with Gasteiger partial charge in [-0.1, -0.05) is 30.0 Å². The lowest BCUT2D eigenvalue weighted by molar-refractivity contribution is -0.118. The predicted molar refractivity (Wildman–Crippen MR) is 104 cm³/mol. The molecule has 2 aromatic carbocycles. The van der Waals surface area contributed by atoms with Crippen LogP contribution < -0.4 is 10.1 Å². The Morgan fingerprint density at radius 2 is 2.04 bits per heavy atom. The molecule has 0 spiro atoms. The first-order valence-electron chi connectivity index (χ1n) is 8.39. The van der Waals surface area contributed by atoms with E-state index in [0.29, 0.717) is 11.7 Å². The molecule has 0 saturated heterocycles. The lowest BCUT2D eigenvalue weighted by atomic mass is 10.2. The van der Waals surface area contributed by atoms with Crippen molar-refractivity contribution in [1.29, 1.82) is 0 Å². The lowest BCUT2D eigenvalue weighted by Crippen LogP contribution is -2.24. The number of imidazole rings is 1. The minimum absolute atomic E-state index is 0.116. The molecular formula is C20H20FN3O2S. The maximum atomic E-state index is 12.9. The van der Waals surface area contributed by atoms with Crippen LogP contribution in [0.4, 0.5) is 4.39 Å². The zero-order valence-corrected chi connectivity index (χ0v) is 15.9. The number of halogens is 1. The van der Waals surface area contributed by atoms with Crippen LogP contribution in [0.5, 0.6) is 5.75 Å². The fourth-order valence-corrected chi connectivity index (χ4v) is 3.35. The Kier molecular flexibility index (Phi) is 6.13. The van der Waals surface area contributed by atoms with Gasteiger partial charge in [0.2, 0.25) is 5.91 Å². The predicted octanol–water partition coefficient (Wildman–Crippen LogP) is 3.74. The second kappa shape index (κ2) is 8.73. The van der Waals surface area contributed by atoms with Gasteiger partial charge in [0.15, 0.2) is 5.16 Å². The van der Waals surface area contributed by atoms with Crippen LogP contribution in [-0.4, -0.2) is 28.3 Å². The number of aromatic nitrogens is 2. The molecule has 1 N–H and O–H groups in total. The zero-order chi connectivity index (χ0) is 19.2. The maximum absolute atomic E-state index is 12.9. The van der Waals surface area contributed by atoms with E-state index in [-0.39, 0.29) is 17.5 Å². The average Bonchev–Trinajstić information content (AvgIpc) is 3.14. The summed E-state index contributed by atoms with van der Waals surface area (Å²) in [5, 5.41) is 3.53. The number of benzene rings is 2. The topological polar surface area (TPSA) is 56.2 Å². The summed E-state index contributed by atoms with van der Waals surface area (Å²) in [7, 11) is 1.63. The molecule has 0 aliphatic heterocycles. The number of rotatable bonds is 7. The second-order valence-corrected chi connectivity index (χ2v) is 6.89. The van der Waals surface area contributed by atoms with Gasteiger partial charge in [-0.05, 0) is 42.3 Å². The molecule has 0 radical (unpaired) electrons. The largest absolute Gasteiger partial charge is 0.495 e. The van der Waals surface area contributed by atoms with Crippen molar-refractivity contribution >= 4 is 17.7 Å². The number of aryl methyl sites for hydroxylation is 1. The van der Waals surface area contributed by atoms with Crippen molar-refractivity contribution in [2.45, 2.75) is 18.6 Å². The molecule has 5 nitrogen and oxygen atoms in total. The Morgan fingerprint density at radius 1 is 1.26 bits per heavy atom. The number of thioether (sulfide) groups is 1. The minimum atomic E-state index is -0.293. The van der Waals surface area contributed by atoms with Crippen LogP contribution in [0.3, 0.4) is 0 Å². The van der Waals surface area contributed by atoms with Gasteiger partial charge in [0, 0.05) is 18.9 Å². The Hall–Kier alpha value is -2.80. The molecule has 1 heterocycles. The first kappa shape index (κ1) is 19.0. The molecule has 3 rings (SSSR count). The molecule has 1 amide bonds. The second-order valence-electron chi connectivity index (χ2n) is 5.95. The SMILES string of the molecule is COc1ccc(C)cc1-n1ccnc1SCC(=O)NCc1ccc(F)cc1. The van der Waals surface area contributed by atoms with Gasteiger partial charge in [-0.15, -0.1) is 0 Å². The molecule has 0 bridgehead atoms. The molecule has 7 heteroatoms. The minimum Gasteiger partial charge on any atom is -0.495 e. The molecule has 27 heavy (non-hydrogen) atoms. The fourth-order valence-electron chi connectivity index (χ4n) is 2.55. The van der Waals surface area contributed by atoms with Gasteiger partial charge in [0.25, 0.3) is 0 Å². The molecule has 0 saturated carbocycles. The molecule has 1 aromatic heterocycles. The monoisotopic (exact) mass is 385 g/mol. The van der Waals surface area contributed by atoms with Crippen molar-refractivity contribution in [2.24, 2.45) is 0 Å². The third kappa shape index (κ3) is 4.89. The van der Waals surface area contributed by atoms with Crippen LogP contribution in [0.25, 0.3) is 5.69 Å². The quantitative estimate of drug-likeness (QED) is 0.630. The Labute approximate surface area is 161 Å². The van der Waals surface area contributed by atoms with Gasteiger partial charge >= 0.3 is 0 Å². The molecule has 0 atom stereocenters.